The van der Waals surface area contributed by atoms with Crippen molar-refractivity contribution in [2.45, 2.75) is 27.7 Å². The van der Waals surface area contributed by atoms with Crippen LogP contribution in [0.5, 0.6) is 0 Å². The summed E-state index contributed by atoms with van der Waals surface area (Å²) in [5, 5.41) is 0. The molecule has 0 saturated carbocycles. The minimum Gasteiger partial charge on any atom is -0.293 e. The first kappa shape index (κ1) is 18.3. The Labute approximate surface area is 136 Å². The number of rotatable bonds is 6. The third kappa shape index (κ3) is 6.81. The van der Waals surface area contributed by atoms with Gasteiger partial charge in [-0.25, -0.2) is 0 Å². The van der Waals surface area contributed by atoms with E-state index in [1.54, 1.807) is 0 Å². The van der Waals surface area contributed by atoms with Gasteiger partial charge >= 0.3 is 0 Å². The van der Waals surface area contributed by atoms with Crippen molar-refractivity contribution in [2.24, 2.45) is 0 Å². The summed E-state index contributed by atoms with van der Waals surface area (Å²) in [5.41, 5.74) is 2.11. The zero-order valence-corrected chi connectivity index (χ0v) is 14.4. The van der Waals surface area contributed by atoms with Crippen LogP contribution in [-0.4, -0.2) is 49.1 Å². The molecule has 1 aromatic rings. The largest absolute Gasteiger partial charge is 0.293 e. The summed E-state index contributed by atoms with van der Waals surface area (Å²) < 4.78 is 0. The fourth-order valence-corrected chi connectivity index (χ4v) is 2.04. The highest BCUT2D eigenvalue weighted by Gasteiger charge is 1.95. The SMILES string of the molecule is CCN(CC)CC#Cc1ccc(C#CCN(CC)CC)cc1. The van der Waals surface area contributed by atoms with Crippen molar-refractivity contribution >= 4 is 0 Å². The maximum atomic E-state index is 3.23. The molecular formula is C20H28N2. The molecule has 0 spiro atoms. The summed E-state index contributed by atoms with van der Waals surface area (Å²) in [6.45, 7) is 14.5. The van der Waals surface area contributed by atoms with Crippen LogP contribution < -0.4 is 0 Å². The van der Waals surface area contributed by atoms with Gasteiger partial charge in [-0.05, 0) is 50.4 Å². The molecule has 2 nitrogen and oxygen atoms in total. The van der Waals surface area contributed by atoms with Crippen molar-refractivity contribution < 1.29 is 0 Å². The molecule has 0 amide bonds. The number of hydrogen-bond donors (Lipinski definition) is 0. The van der Waals surface area contributed by atoms with E-state index in [2.05, 4.69) is 85.4 Å². The highest BCUT2D eigenvalue weighted by atomic mass is 15.1. The fourth-order valence-electron chi connectivity index (χ4n) is 2.04. The van der Waals surface area contributed by atoms with Gasteiger partial charge < -0.3 is 0 Å². The van der Waals surface area contributed by atoms with E-state index in [0.717, 1.165) is 50.4 Å². The van der Waals surface area contributed by atoms with Crippen LogP contribution in [0.2, 0.25) is 0 Å². The van der Waals surface area contributed by atoms with Crippen molar-refractivity contribution in [1.29, 1.82) is 0 Å². The van der Waals surface area contributed by atoms with Gasteiger partial charge in [0.1, 0.15) is 0 Å². The van der Waals surface area contributed by atoms with Gasteiger partial charge in [-0.3, -0.25) is 9.80 Å². The van der Waals surface area contributed by atoms with Gasteiger partial charge in [-0.1, -0.05) is 51.4 Å². The van der Waals surface area contributed by atoms with Crippen LogP contribution >= 0.6 is 0 Å². The molecule has 2 heteroatoms. The third-order valence-corrected chi connectivity index (χ3v) is 3.74. The van der Waals surface area contributed by atoms with E-state index in [0.29, 0.717) is 0 Å². The Bertz CT molecular complexity index is 478. The normalized spacial score (nSPS) is 10.1. The summed E-state index contributed by atoms with van der Waals surface area (Å²) in [7, 11) is 0. The van der Waals surface area contributed by atoms with E-state index < -0.39 is 0 Å². The number of nitrogens with zero attached hydrogens (tertiary/aromatic N) is 2. The molecule has 0 N–H and O–H groups in total. The first-order valence-corrected chi connectivity index (χ1v) is 8.25. The van der Waals surface area contributed by atoms with Crippen LogP contribution in [0.1, 0.15) is 38.8 Å². The average Bonchev–Trinajstić information content (AvgIpc) is 2.57. The lowest BCUT2D eigenvalue weighted by Crippen LogP contribution is -2.22. The van der Waals surface area contributed by atoms with Crippen molar-refractivity contribution in [3.8, 4) is 23.7 Å². The van der Waals surface area contributed by atoms with Gasteiger partial charge in [0.2, 0.25) is 0 Å². The maximum absolute atomic E-state index is 3.23. The van der Waals surface area contributed by atoms with Crippen LogP contribution in [0.25, 0.3) is 0 Å². The Morgan fingerprint density at radius 3 is 1.23 bits per heavy atom. The number of hydrogen-bond acceptors (Lipinski definition) is 2. The molecule has 0 radical (unpaired) electrons. The molecule has 1 aromatic carbocycles. The molecule has 0 unspecified atom stereocenters. The lowest BCUT2D eigenvalue weighted by atomic mass is 10.1. The predicted molar refractivity (Wildman–Crippen MR) is 95.8 cm³/mol. The summed E-state index contributed by atoms with van der Waals surface area (Å²) in [6, 6.07) is 8.21. The second-order valence-electron chi connectivity index (χ2n) is 5.10. The van der Waals surface area contributed by atoms with Gasteiger partial charge in [-0.2, -0.15) is 0 Å². The lowest BCUT2D eigenvalue weighted by molar-refractivity contribution is 0.342. The van der Waals surface area contributed by atoms with Gasteiger partial charge in [0.05, 0.1) is 13.1 Å². The topological polar surface area (TPSA) is 6.48 Å². The molecule has 22 heavy (non-hydrogen) atoms. The zero-order chi connectivity index (χ0) is 16.2. The van der Waals surface area contributed by atoms with Gasteiger partial charge in [-0.15, -0.1) is 0 Å². The number of benzene rings is 1. The summed E-state index contributed by atoms with van der Waals surface area (Å²) in [4.78, 5) is 4.61. The van der Waals surface area contributed by atoms with E-state index in [1.165, 1.54) is 0 Å². The van der Waals surface area contributed by atoms with E-state index >= 15 is 0 Å². The quantitative estimate of drug-likeness (QED) is 0.744. The second-order valence-corrected chi connectivity index (χ2v) is 5.10. The first-order valence-electron chi connectivity index (χ1n) is 8.25. The van der Waals surface area contributed by atoms with Crippen molar-refractivity contribution in [3.05, 3.63) is 35.4 Å². The van der Waals surface area contributed by atoms with Crippen LogP contribution in [0.4, 0.5) is 0 Å². The predicted octanol–water partition coefficient (Wildman–Crippen LogP) is 3.07. The Morgan fingerprint density at radius 2 is 0.955 bits per heavy atom. The minimum atomic E-state index is 0.832. The average molecular weight is 296 g/mol. The molecule has 0 heterocycles. The molecule has 1 rings (SSSR count). The molecule has 0 aliphatic heterocycles. The van der Waals surface area contributed by atoms with E-state index in [1.807, 2.05) is 0 Å². The fraction of sp³-hybridized carbons (Fsp3) is 0.500. The van der Waals surface area contributed by atoms with Crippen LogP contribution in [0.3, 0.4) is 0 Å². The minimum absolute atomic E-state index is 0.832. The highest BCUT2D eigenvalue weighted by Crippen LogP contribution is 2.02. The van der Waals surface area contributed by atoms with Gasteiger partial charge in [0.25, 0.3) is 0 Å². The highest BCUT2D eigenvalue weighted by molar-refractivity contribution is 5.42. The Balaban J connectivity index is 2.57. The summed E-state index contributed by atoms with van der Waals surface area (Å²) >= 11 is 0. The second kappa shape index (κ2) is 10.9. The molecule has 0 bridgehead atoms. The summed E-state index contributed by atoms with van der Waals surface area (Å²) in [6.07, 6.45) is 0. The lowest BCUT2D eigenvalue weighted by Gasteiger charge is -2.13. The zero-order valence-electron chi connectivity index (χ0n) is 14.4. The first-order chi connectivity index (χ1) is 10.7. The van der Waals surface area contributed by atoms with Crippen LogP contribution in [0, 0.1) is 23.7 Å². The molecule has 118 valence electrons. The monoisotopic (exact) mass is 296 g/mol. The standard InChI is InChI=1S/C20H28N2/c1-5-21(6-2)17-9-11-19-13-15-20(16-14-19)12-10-18-22(7-3)8-4/h13-16H,5-8,17-18H2,1-4H3. The van der Waals surface area contributed by atoms with E-state index in [9.17, 15) is 0 Å². The van der Waals surface area contributed by atoms with Gasteiger partial charge in [0.15, 0.2) is 0 Å². The van der Waals surface area contributed by atoms with Crippen molar-refractivity contribution in [2.75, 3.05) is 39.3 Å². The third-order valence-electron chi connectivity index (χ3n) is 3.74. The molecule has 0 fully saturated rings. The van der Waals surface area contributed by atoms with E-state index in [4.69, 9.17) is 0 Å². The van der Waals surface area contributed by atoms with Crippen LogP contribution in [0.15, 0.2) is 24.3 Å². The van der Waals surface area contributed by atoms with Crippen molar-refractivity contribution in [1.82, 2.24) is 9.80 Å². The van der Waals surface area contributed by atoms with Crippen molar-refractivity contribution in [3.63, 3.8) is 0 Å². The maximum Gasteiger partial charge on any atom is 0.0605 e. The van der Waals surface area contributed by atoms with Crippen LogP contribution in [-0.2, 0) is 0 Å². The molecule has 0 aromatic heterocycles. The Morgan fingerprint density at radius 1 is 0.636 bits per heavy atom. The molecule has 0 atom stereocenters. The summed E-state index contributed by atoms with van der Waals surface area (Å²) in [5.74, 6) is 12.9. The molecule has 0 saturated heterocycles. The molecule has 0 aliphatic rings. The molecular weight excluding hydrogens is 268 g/mol. The van der Waals surface area contributed by atoms with Gasteiger partial charge in [0, 0.05) is 11.1 Å². The van der Waals surface area contributed by atoms with E-state index in [-0.39, 0.29) is 0 Å². The Kier molecular flexibility index (Phi) is 9.08. The Hall–Kier alpha value is -1.74. The smallest absolute Gasteiger partial charge is 0.0605 e. The molecule has 0 aliphatic carbocycles.